The first-order chi connectivity index (χ1) is 9.56. The maximum Gasteiger partial charge on any atom is 0.356 e. The van der Waals surface area contributed by atoms with E-state index in [1.54, 1.807) is 13.0 Å². The highest BCUT2D eigenvalue weighted by molar-refractivity contribution is 5.87. The standard InChI is InChI=1S/C13H16N2O5/c1-3-20-13(18)10-7-15(10)6-8-4-5-9(12(17)19-2)14-11(8)16/h4-5,10H,3,6-7H2,1-2H3,(H,14,16). The van der Waals surface area contributed by atoms with Crippen LogP contribution >= 0.6 is 0 Å². The number of carbonyl (C=O) groups is 2. The second-order valence-electron chi connectivity index (χ2n) is 4.37. The summed E-state index contributed by atoms with van der Waals surface area (Å²) in [5.41, 5.74) is 0.589. The maximum absolute atomic E-state index is 11.5. The van der Waals surface area contributed by atoms with Crippen molar-refractivity contribution in [2.24, 2.45) is 0 Å². The number of hydrogen-bond donors (Lipinski definition) is 1. The van der Waals surface area contributed by atoms with E-state index in [0.29, 0.717) is 25.3 Å². The molecule has 0 amide bonds. The van der Waals surface area contributed by atoms with Crippen LogP contribution in [0.25, 0.3) is 0 Å². The largest absolute Gasteiger partial charge is 0.493 e. The molecule has 2 unspecified atom stereocenters. The molecule has 1 N–H and O–H groups in total. The van der Waals surface area contributed by atoms with E-state index in [1.165, 1.54) is 13.2 Å². The van der Waals surface area contributed by atoms with E-state index in [0.717, 1.165) is 0 Å². The van der Waals surface area contributed by atoms with Crippen molar-refractivity contribution in [1.82, 2.24) is 9.88 Å². The van der Waals surface area contributed by atoms with Gasteiger partial charge in [0.25, 0.3) is 0 Å². The van der Waals surface area contributed by atoms with Gasteiger partial charge in [-0.3, -0.25) is 9.69 Å². The predicted octanol–water partition coefficient (Wildman–Crippen LogP) is 0.321. The quantitative estimate of drug-likeness (QED) is 0.613. The molecule has 0 spiro atoms. The second-order valence-corrected chi connectivity index (χ2v) is 4.37. The molecule has 0 radical (unpaired) electrons. The fourth-order valence-corrected chi connectivity index (χ4v) is 1.85. The van der Waals surface area contributed by atoms with Gasteiger partial charge in [0.2, 0.25) is 5.88 Å². The number of methoxy groups -OCH3 is 1. The predicted molar refractivity (Wildman–Crippen MR) is 68.1 cm³/mol. The van der Waals surface area contributed by atoms with E-state index in [4.69, 9.17) is 4.74 Å². The first-order valence-electron chi connectivity index (χ1n) is 6.24. The number of rotatable bonds is 5. The van der Waals surface area contributed by atoms with Crippen LogP contribution in [-0.4, -0.2) is 53.2 Å². The summed E-state index contributed by atoms with van der Waals surface area (Å²) in [7, 11) is 1.24. The van der Waals surface area contributed by atoms with Crippen LogP contribution in [0, 0.1) is 0 Å². The number of nitrogens with zero attached hydrogens (tertiary/aromatic N) is 2. The lowest BCUT2D eigenvalue weighted by molar-refractivity contribution is -0.143. The summed E-state index contributed by atoms with van der Waals surface area (Å²) >= 11 is 0. The van der Waals surface area contributed by atoms with E-state index in [-0.39, 0.29) is 23.6 Å². The Labute approximate surface area is 116 Å². The zero-order chi connectivity index (χ0) is 14.7. The van der Waals surface area contributed by atoms with Gasteiger partial charge in [0.15, 0.2) is 5.69 Å². The third kappa shape index (κ3) is 3.05. The van der Waals surface area contributed by atoms with E-state index >= 15 is 0 Å². The number of hydrogen-bond acceptors (Lipinski definition) is 7. The van der Waals surface area contributed by atoms with E-state index in [9.17, 15) is 14.7 Å². The van der Waals surface area contributed by atoms with Gasteiger partial charge in [-0.05, 0) is 19.1 Å². The highest BCUT2D eigenvalue weighted by atomic mass is 16.5. The number of aromatic hydroxyl groups is 1. The van der Waals surface area contributed by atoms with Crippen molar-refractivity contribution >= 4 is 11.9 Å². The first-order valence-corrected chi connectivity index (χ1v) is 6.24. The van der Waals surface area contributed by atoms with Gasteiger partial charge in [-0.15, -0.1) is 0 Å². The number of esters is 2. The minimum Gasteiger partial charge on any atom is -0.493 e. The second kappa shape index (κ2) is 5.87. The van der Waals surface area contributed by atoms with Gasteiger partial charge >= 0.3 is 11.9 Å². The van der Waals surface area contributed by atoms with Crippen LogP contribution in [0.3, 0.4) is 0 Å². The monoisotopic (exact) mass is 280 g/mol. The molecule has 1 aliphatic heterocycles. The molecule has 2 heterocycles. The first kappa shape index (κ1) is 14.3. The molecule has 1 aromatic heterocycles. The lowest BCUT2D eigenvalue weighted by Crippen LogP contribution is -2.16. The Bertz CT molecular complexity index is 531. The van der Waals surface area contributed by atoms with Gasteiger partial charge in [-0.2, -0.15) is 0 Å². The van der Waals surface area contributed by atoms with E-state index in [2.05, 4.69) is 9.72 Å². The summed E-state index contributed by atoms with van der Waals surface area (Å²) in [5.74, 6) is -1.10. The highest BCUT2D eigenvalue weighted by Crippen LogP contribution is 2.25. The Morgan fingerprint density at radius 3 is 2.85 bits per heavy atom. The zero-order valence-corrected chi connectivity index (χ0v) is 11.3. The van der Waals surface area contributed by atoms with Crippen LogP contribution in [0.2, 0.25) is 0 Å². The number of carbonyl (C=O) groups excluding carboxylic acids is 2. The molecule has 1 saturated heterocycles. The highest BCUT2D eigenvalue weighted by Gasteiger charge is 2.41. The Balaban J connectivity index is 1.98. The molecule has 20 heavy (non-hydrogen) atoms. The molecule has 1 fully saturated rings. The molecule has 0 saturated carbocycles. The molecular weight excluding hydrogens is 264 g/mol. The molecule has 0 aliphatic carbocycles. The van der Waals surface area contributed by atoms with Gasteiger partial charge in [0, 0.05) is 18.7 Å². The van der Waals surface area contributed by atoms with Crippen LogP contribution < -0.4 is 0 Å². The third-order valence-corrected chi connectivity index (χ3v) is 3.00. The zero-order valence-electron chi connectivity index (χ0n) is 11.3. The average molecular weight is 280 g/mol. The summed E-state index contributed by atoms with van der Waals surface area (Å²) in [5, 5.41) is 9.78. The summed E-state index contributed by atoms with van der Waals surface area (Å²) in [6.45, 7) is 3.08. The van der Waals surface area contributed by atoms with E-state index in [1.807, 2.05) is 4.90 Å². The van der Waals surface area contributed by atoms with Gasteiger partial charge < -0.3 is 14.6 Å². The fraction of sp³-hybridized carbons (Fsp3) is 0.462. The molecular formula is C13H16N2O5. The number of pyridine rings is 1. The average Bonchev–Trinajstić information content (AvgIpc) is 3.20. The van der Waals surface area contributed by atoms with Crippen molar-refractivity contribution in [3.8, 4) is 5.88 Å². The Kier molecular flexibility index (Phi) is 4.19. The van der Waals surface area contributed by atoms with Gasteiger partial charge in [-0.25, -0.2) is 9.78 Å². The molecule has 0 bridgehead atoms. The number of aromatic nitrogens is 1. The minimum atomic E-state index is -0.608. The lowest BCUT2D eigenvalue weighted by Gasteiger charge is -2.07. The van der Waals surface area contributed by atoms with Crippen LogP contribution in [0.5, 0.6) is 5.88 Å². The summed E-state index contributed by atoms with van der Waals surface area (Å²) in [6.07, 6.45) is 0. The molecule has 1 aromatic rings. The van der Waals surface area contributed by atoms with Crippen molar-refractivity contribution in [2.75, 3.05) is 20.3 Å². The van der Waals surface area contributed by atoms with Crippen molar-refractivity contribution in [2.45, 2.75) is 19.5 Å². The topological polar surface area (TPSA) is 88.7 Å². The Hall–Kier alpha value is -2.15. The van der Waals surface area contributed by atoms with Gasteiger partial charge in [0.1, 0.15) is 6.04 Å². The van der Waals surface area contributed by atoms with Crippen molar-refractivity contribution in [3.05, 3.63) is 23.4 Å². The molecule has 7 heteroatoms. The molecule has 1 aliphatic rings. The maximum atomic E-state index is 11.5. The van der Waals surface area contributed by atoms with Crippen LogP contribution in [0.4, 0.5) is 0 Å². The van der Waals surface area contributed by atoms with Gasteiger partial charge in [0.05, 0.1) is 13.7 Å². The summed E-state index contributed by atoms with van der Waals surface area (Å²) in [6, 6.07) is 2.81. The molecule has 2 atom stereocenters. The molecule has 108 valence electrons. The normalized spacial score (nSPS) is 20.3. The third-order valence-electron chi connectivity index (χ3n) is 3.00. The molecule has 7 nitrogen and oxygen atoms in total. The Morgan fingerprint density at radius 2 is 2.25 bits per heavy atom. The smallest absolute Gasteiger partial charge is 0.356 e. The van der Waals surface area contributed by atoms with E-state index < -0.39 is 5.97 Å². The van der Waals surface area contributed by atoms with Crippen molar-refractivity contribution in [1.29, 1.82) is 0 Å². The van der Waals surface area contributed by atoms with Gasteiger partial charge in [-0.1, -0.05) is 0 Å². The molecule has 0 aromatic carbocycles. The van der Waals surface area contributed by atoms with Crippen LogP contribution in [0.1, 0.15) is 23.0 Å². The SMILES string of the molecule is CCOC(=O)C1CN1Cc1ccc(C(=O)OC)nc1O. The molecule has 2 rings (SSSR count). The summed E-state index contributed by atoms with van der Waals surface area (Å²) < 4.78 is 9.43. The number of ether oxygens (including phenoxy) is 2. The lowest BCUT2D eigenvalue weighted by atomic mass is 10.2. The van der Waals surface area contributed by atoms with Crippen molar-refractivity contribution < 1.29 is 24.2 Å². The fourth-order valence-electron chi connectivity index (χ4n) is 1.85. The van der Waals surface area contributed by atoms with Crippen LogP contribution in [0.15, 0.2) is 12.1 Å². The summed E-state index contributed by atoms with van der Waals surface area (Å²) in [4.78, 5) is 28.3. The van der Waals surface area contributed by atoms with Crippen molar-refractivity contribution in [3.63, 3.8) is 0 Å². The Morgan fingerprint density at radius 1 is 1.50 bits per heavy atom. The van der Waals surface area contributed by atoms with Crippen LogP contribution in [-0.2, 0) is 20.8 Å². The minimum absolute atomic E-state index is 0.0430.